The van der Waals surface area contributed by atoms with Gasteiger partial charge in [0.05, 0.1) is 12.5 Å². The Labute approximate surface area is 103 Å². The summed E-state index contributed by atoms with van der Waals surface area (Å²) < 4.78 is 0. The van der Waals surface area contributed by atoms with Crippen LogP contribution in [0.3, 0.4) is 0 Å². The number of thioether (sulfide) groups is 1. The fraction of sp³-hybridized carbons (Fsp3) is 0.667. The zero-order chi connectivity index (χ0) is 13.4. The van der Waals surface area contributed by atoms with Crippen molar-refractivity contribution >= 4 is 29.6 Å². The second-order valence-electron chi connectivity index (χ2n) is 3.39. The van der Waals surface area contributed by atoms with Gasteiger partial charge in [-0.25, -0.2) is 4.79 Å². The van der Waals surface area contributed by atoms with Gasteiger partial charge in [-0.15, -0.1) is 0 Å². The molecule has 1 unspecified atom stereocenters. The van der Waals surface area contributed by atoms with E-state index < -0.39 is 36.4 Å². The lowest BCUT2D eigenvalue weighted by Gasteiger charge is -2.16. The molecular weight excluding hydrogens is 248 g/mol. The zero-order valence-corrected chi connectivity index (χ0v) is 10.2. The van der Waals surface area contributed by atoms with Gasteiger partial charge in [0.25, 0.3) is 0 Å². The summed E-state index contributed by atoms with van der Waals surface area (Å²) in [6.45, 7) is 0. The topological polar surface area (TPSA) is 130 Å². The average Bonchev–Trinajstić information content (AvgIpc) is 2.23. The van der Waals surface area contributed by atoms with Crippen LogP contribution in [0.25, 0.3) is 0 Å². The van der Waals surface area contributed by atoms with Gasteiger partial charge in [0.15, 0.2) is 0 Å². The quantitative estimate of drug-likeness (QED) is 0.447. The largest absolute Gasteiger partial charge is 0.481 e. The molecule has 0 fully saturated rings. The summed E-state index contributed by atoms with van der Waals surface area (Å²) in [4.78, 5) is 32.5. The van der Waals surface area contributed by atoms with Crippen LogP contribution in [-0.4, -0.2) is 52.2 Å². The number of carbonyl (C=O) groups is 3. The van der Waals surface area contributed by atoms with Gasteiger partial charge in [-0.2, -0.15) is 11.8 Å². The van der Waals surface area contributed by atoms with Crippen LogP contribution in [0.15, 0.2) is 0 Å². The maximum absolute atomic E-state index is 11.4. The molecule has 0 aliphatic carbocycles. The van der Waals surface area contributed by atoms with Crippen molar-refractivity contribution in [2.75, 3.05) is 12.0 Å². The van der Waals surface area contributed by atoms with Gasteiger partial charge in [-0.1, -0.05) is 0 Å². The van der Waals surface area contributed by atoms with Crippen molar-refractivity contribution in [2.45, 2.75) is 24.9 Å². The van der Waals surface area contributed by atoms with E-state index in [-0.39, 0.29) is 0 Å². The molecule has 0 spiro atoms. The Hall–Kier alpha value is -1.28. The number of hydrogen-bond donors (Lipinski definition) is 4. The maximum atomic E-state index is 11.4. The Morgan fingerprint density at radius 2 is 1.94 bits per heavy atom. The minimum Gasteiger partial charge on any atom is -0.481 e. The summed E-state index contributed by atoms with van der Waals surface area (Å²) in [5.41, 5.74) is 5.52. The summed E-state index contributed by atoms with van der Waals surface area (Å²) in [5, 5.41) is 19.3. The highest BCUT2D eigenvalue weighted by atomic mass is 32.2. The van der Waals surface area contributed by atoms with Crippen molar-refractivity contribution in [3.63, 3.8) is 0 Å². The molecule has 2 atom stereocenters. The first kappa shape index (κ1) is 15.7. The third kappa shape index (κ3) is 6.80. The Morgan fingerprint density at radius 1 is 1.35 bits per heavy atom. The minimum atomic E-state index is -1.44. The van der Waals surface area contributed by atoms with E-state index in [1.54, 1.807) is 0 Å². The van der Waals surface area contributed by atoms with Crippen molar-refractivity contribution < 1.29 is 24.6 Å². The van der Waals surface area contributed by atoms with Crippen LogP contribution in [-0.2, 0) is 14.4 Å². The summed E-state index contributed by atoms with van der Waals surface area (Å²) >= 11 is 1.51. The van der Waals surface area contributed by atoms with Crippen LogP contribution in [0.5, 0.6) is 0 Å². The number of carbonyl (C=O) groups excluding carboxylic acids is 1. The molecule has 0 rings (SSSR count). The van der Waals surface area contributed by atoms with Crippen LogP contribution < -0.4 is 11.1 Å². The van der Waals surface area contributed by atoms with Gasteiger partial charge in [-0.3, -0.25) is 9.59 Å². The third-order valence-corrected chi connectivity index (χ3v) is 2.61. The number of aliphatic carboxylic acids is 2. The molecule has 0 saturated heterocycles. The van der Waals surface area contributed by atoms with Gasteiger partial charge >= 0.3 is 11.9 Å². The predicted molar refractivity (Wildman–Crippen MR) is 62.8 cm³/mol. The molecule has 0 radical (unpaired) electrons. The van der Waals surface area contributed by atoms with Crippen molar-refractivity contribution in [2.24, 2.45) is 5.73 Å². The van der Waals surface area contributed by atoms with Crippen LogP contribution in [0.4, 0.5) is 0 Å². The van der Waals surface area contributed by atoms with Crippen LogP contribution in [0, 0.1) is 0 Å². The average molecular weight is 264 g/mol. The van der Waals surface area contributed by atoms with Crippen molar-refractivity contribution in [3.05, 3.63) is 0 Å². The highest BCUT2D eigenvalue weighted by Crippen LogP contribution is 2.00. The second kappa shape index (κ2) is 7.91. The molecule has 0 saturated carbocycles. The van der Waals surface area contributed by atoms with Crippen LogP contribution in [0.2, 0.25) is 0 Å². The molecule has 0 bridgehead atoms. The molecule has 0 aliphatic heterocycles. The summed E-state index contributed by atoms with van der Waals surface area (Å²) in [6, 6.07) is -2.27. The highest BCUT2D eigenvalue weighted by molar-refractivity contribution is 7.98. The molecular formula is C9H16N2O5S. The van der Waals surface area contributed by atoms with Crippen molar-refractivity contribution in [3.8, 4) is 0 Å². The van der Waals surface area contributed by atoms with E-state index in [0.29, 0.717) is 12.2 Å². The van der Waals surface area contributed by atoms with Crippen molar-refractivity contribution in [1.29, 1.82) is 0 Å². The van der Waals surface area contributed by atoms with E-state index in [0.717, 1.165) is 0 Å². The Bertz CT molecular complexity index is 297. The number of carboxylic acid groups (broad SMARTS) is 2. The molecule has 0 aromatic heterocycles. The molecule has 0 heterocycles. The van der Waals surface area contributed by atoms with E-state index in [4.69, 9.17) is 15.9 Å². The predicted octanol–water partition coefficient (Wildman–Crippen LogP) is -0.889. The number of nitrogens with one attached hydrogen (secondary N) is 1. The van der Waals surface area contributed by atoms with E-state index in [1.165, 1.54) is 11.8 Å². The molecule has 5 N–H and O–H groups in total. The molecule has 1 amide bonds. The van der Waals surface area contributed by atoms with E-state index >= 15 is 0 Å². The molecule has 0 aromatic carbocycles. The Balaban J connectivity index is 4.29. The Kier molecular flexibility index (Phi) is 7.31. The van der Waals surface area contributed by atoms with Crippen LogP contribution >= 0.6 is 11.8 Å². The van der Waals surface area contributed by atoms with E-state index in [1.807, 2.05) is 6.26 Å². The molecule has 0 aliphatic rings. The highest BCUT2D eigenvalue weighted by Gasteiger charge is 2.25. The van der Waals surface area contributed by atoms with Gasteiger partial charge in [0, 0.05) is 0 Å². The molecule has 0 aromatic rings. The van der Waals surface area contributed by atoms with Crippen molar-refractivity contribution in [1.82, 2.24) is 5.32 Å². The number of nitrogens with two attached hydrogens (primary N) is 1. The lowest BCUT2D eigenvalue weighted by Crippen LogP contribution is -2.49. The van der Waals surface area contributed by atoms with Gasteiger partial charge in [0.2, 0.25) is 5.91 Å². The number of hydrogen-bond acceptors (Lipinski definition) is 5. The molecule has 8 heteroatoms. The van der Waals surface area contributed by atoms with Gasteiger partial charge < -0.3 is 21.3 Å². The fourth-order valence-corrected chi connectivity index (χ4v) is 1.52. The number of rotatable bonds is 8. The lowest BCUT2D eigenvalue weighted by molar-refractivity contribution is -0.147. The Morgan fingerprint density at radius 3 is 2.35 bits per heavy atom. The summed E-state index contributed by atoms with van der Waals surface area (Å²) in [6.07, 6.45) is 1.60. The zero-order valence-electron chi connectivity index (χ0n) is 9.38. The smallest absolute Gasteiger partial charge is 0.326 e. The van der Waals surface area contributed by atoms with Gasteiger partial charge in [0.1, 0.15) is 6.04 Å². The van der Waals surface area contributed by atoms with E-state index in [9.17, 15) is 14.4 Å². The third-order valence-electron chi connectivity index (χ3n) is 1.96. The SMILES string of the molecule is CSCC[C@@H](N)C(=O)NC(CC(=O)O)C(=O)O. The van der Waals surface area contributed by atoms with Crippen LogP contribution in [0.1, 0.15) is 12.8 Å². The number of carboxylic acids is 2. The molecule has 98 valence electrons. The summed E-state index contributed by atoms with van der Waals surface area (Å²) in [7, 11) is 0. The minimum absolute atomic E-state index is 0.409. The molecule has 7 nitrogen and oxygen atoms in total. The van der Waals surface area contributed by atoms with E-state index in [2.05, 4.69) is 5.32 Å². The number of amides is 1. The molecule has 17 heavy (non-hydrogen) atoms. The maximum Gasteiger partial charge on any atom is 0.326 e. The standard InChI is InChI=1S/C9H16N2O5S/c1-17-3-2-5(10)8(14)11-6(9(15)16)4-7(12)13/h5-6H,2-4,10H2,1H3,(H,11,14)(H,12,13)(H,15,16)/t5-,6?/m1/s1. The van der Waals surface area contributed by atoms with Gasteiger partial charge in [-0.05, 0) is 18.4 Å². The second-order valence-corrected chi connectivity index (χ2v) is 4.37. The normalized spacial score (nSPS) is 13.8. The first-order valence-electron chi connectivity index (χ1n) is 4.88. The lowest BCUT2D eigenvalue weighted by atomic mass is 10.1. The first-order chi connectivity index (χ1) is 7.88. The monoisotopic (exact) mass is 264 g/mol. The summed E-state index contributed by atoms with van der Waals surface area (Å²) in [5.74, 6) is -2.66. The first-order valence-corrected chi connectivity index (χ1v) is 6.27. The fourth-order valence-electron chi connectivity index (χ4n) is 1.03.